The second kappa shape index (κ2) is 7.14. The number of carbonyl (C=O) groups excluding carboxylic acids is 1. The van der Waals surface area contributed by atoms with Crippen molar-refractivity contribution in [1.82, 2.24) is 9.88 Å². The second-order valence-electron chi connectivity index (χ2n) is 6.07. The first-order valence-electron chi connectivity index (χ1n) is 8.19. The van der Waals surface area contributed by atoms with Gasteiger partial charge in [-0.1, -0.05) is 18.2 Å². The fourth-order valence-electron chi connectivity index (χ4n) is 2.58. The minimum atomic E-state index is 0.0234. The summed E-state index contributed by atoms with van der Waals surface area (Å²) in [5, 5.41) is 3.37. The molecule has 2 heterocycles. The summed E-state index contributed by atoms with van der Waals surface area (Å²) in [6, 6.07) is 6.32. The lowest BCUT2D eigenvalue weighted by atomic mass is 10.0. The molecule has 0 saturated carbocycles. The summed E-state index contributed by atoms with van der Waals surface area (Å²) in [6.07, 6.45) is 0. The molecule has 1 aromatic heterocycles. The van der Waals surface area contributed by atoms with Crippen LogP contribution in [-0.4, -0.2) is 27.5 Å². The number of hydrogen-bond acceptors (Lipinski definition) is 5. The van der Waals surface area contributed by atoms with Crippen LogP contribution >= 0.6 is 23.1 Å². The van der Waals surface area contributed by atoms with Crippen molar-refractivity contribution >= 4 is 44.9 Å². The van der Waals surface area contributed by atoms with E-state index in [2.05, 4.69) is 42.0 Å². The second-order valence-corrected chi connectivity index (χ2v) is 7.88. The molecule has 1 fully saturated rings. The van der Waals surface area contributed by atoms with Gasteiger partial charge in [0.25, 0.3) is 5.91 Å². The van der Waals surface area contributed by atoms with Crippen LogP contribution in [0.25, 0.3) is 5.57 Å². The number of carbonyl (C=O) groups is 1. The van der Waals surface area contributed by atoms with Crippen LogP contribution in [0.2, 0.25) is 0 Å². The molecule has 4 nitrogen and oxygen atoms in total. The van der Waals surface area contributed by atoms with Crippen molar-refractivity contribution in [3.63, 3.8) is 0 Å². The van der Waals surface area contributed by atoms with Gasteiger partial charge in [-0.2, -0.15) is 4.99 Å². The number of allylic oxidation sites excluding steroid dienone is 1. The van der Waals surface area contributed by atoms with Gasteiger partial charge in [-0.05, 0) is 68.6 Å². The Labute approximate surface area is 156 Å². The van der Waals surface area contributed by atoms with Crippen LogP contribution in [0.4, 0.5) is 5.13 Å². The molecule has 130 valence electrons. The normalized spacial score (nSPS) is 18.4. The molecule has 0 bridgehead atoms. The zero-order chi connectivity index (χ0) is 18.1. The fraction of sp³-hybridized carbons (Fsp3) is 0.316. The minimum Gasteiger partial charge on any atom is -0.287 e. The quantitative estimate of drug-likeness (QED) is 0.707. The van der Waals surface area contributed by atoms with Gasteiger partial charge in [0, 0.05) is 11.9 Å². The van der Waals surface area contributed by atoms with E-state index >= 15 is 0 Å². The molecule has 2 aromatic rings. The van der Waals surface area contributed by atoms with E-state index in [-0.39, 0.29) is 5.91 Å². The molecule has 1 amide bonds. The first-order chi connectivity index (χ1) is 11.9. The van der Waals surface area contributed by atoms with Crippen molar-refractivity contribution in [1.29, 1.82) is 0 Å². The SMILES string of the molecule is CCN1C(=O)/C(=C(\C)c2ccc(C)c(C)c2)S/C1=N/c1nc(C)cs1. The Hall–Kier alpha value is -1.92. The Morgan fingerprint density at radius 1 is 1.24 bits per heavy atom. The molecule has 1 saturated heterocycles. The summed E-state index contributed by atoms with van der Waals surface area (Å²) in [5.74, 6) is 0.0234. The highest BCUT2D eigenvalue weighted by Gasteiger charge is 2.34. The Morgan fingerprint density at radius 2 is 2.00 bits per heavy atom. The number of hydrogen-bond donors (Lipinski definition) is 0. The van der Waals surface area contributed by atoms with Gasteiger partial charge in [-0.3, -0.25) is 9.69 Å². The van der Waals surface area contributed by atoms with Crippen molar-refractivity contribution in [3.05, 3.63) is 50.9 Å². The number of rotatable bonds is 3. The number of amides is 1. The fourth-order valence-corrected chi connectivity index (χ4v) is 4.41. The molecule has 0 atom stereocenters. The number of nitrogens with zero attached hydrogens (tertiary/aromatic N) is 3. The van der Waals surface area contributed by atoms with Crippen LogP contribution in [0.5, 0.6) is 0 Å². The van der Waals surface area contributed by atoms with Gasteiger partial charge in [0.2, 0.25) is 5.13 Å². The van der Waals surface area contributed by atoms with E-state index in [1.54, 1.807) is 4.90 Å². The maximum Gasteiger partial charge on any atom is 0.267 e. The van der Waals surface area contributed by atoms with Crippen LogP contribution in [0, 0.1) is 20.8 Å². The Kier molecular flexibility index (Phi) is 5.11. The van der Waals surface area contributed by atoms with Gasteiger partial charge < -0.3 is 0 Å². The highest BCUT2D eigenvalue weighted by atomic mass is 32.2. The third-order valence-electron chi connectivity index (χ3n) is 4.26. The first-order valence-corrected chi connectivity index (χ1v) is 9.89. The predicted octanol–water partition coefficient (Wildman–Crippen LogP) is 5.08. The average Bonchev–Trinajstić information content (AvgIpc) is 3.12. The van der Waals surface area contributed by atoms with E-state index in [1.165, 1.54) is 34.2 Å². The summed E-state index contributed by atoms with van der Waals surface area (Å²) in [4.78, 5) is 24.3. The number of amidine groups is 1. The number of likely N-dealkylation sites (N-methyl/N-ethyl adjacent to an activating group) is 1. The molecule has 25 heavy (non-hydrogen) atoms. The van der Waals surface area contributed by atoms with E-state index < -0.39 is 0 Å². The standard InChI is InChI=1S/C19H21N3OS2/c1-6-22-17(23)16(14(5)15-8-7-11(2)12(3)9-15)25-19(22)21-18-20-13(4)10-24-18/h7-10H,6H2,1-5H3/b16-14-,21-19+. The van der Waals surface area contributed by atoms with E-state index in [0.717, 1.165) is 21.7 Å². The summed E-state index contributed by atoms with van der Waals surface area (Å²) >= 11 is 2.93. The molecule has 0 spiro atoms. The van der Waals surface area contributed by atoms with Crippen molar-refractivity contribution in [2.75, 3.05) is 6.54 Å². The van der Waals surface area contributed by atoms with Gasteiger partial charge in [0.15, 0.2) is 5.17 Å². The van der Waals surface area contributed by atoms with Gasteiger partial charge in [-0.15, -0.1) is 11.3 Å². The van der Waals surface area contributed by atoms with E-state index in [4.69, 9.17) is 0 Å². The zero-order valence-corrected chi connectivity index (χ0v) is 16.7. The van der Waals surface area contributed by atoms with Gasteiger partial charge in [0.1, 0.15) is 0 Å². The van der Waals surface area contributed by atoms with Crippen LogP contribution in [0.15, 0.2) is 33.5 Å². The molecule has 0 N–H and O–H groups in total. The number of thiazole rings is 1. The summed E-state index contributed by atoms with van der Waals surface area (Å²) in [7, 11) is 0. The van der Waals surface area contributed by atoms with Gasteiger partial charge >= 0.3 is 0 Å². The Balaban J connectivity index is 2.01. The van der Waals surface area contributed by atoms with Crippen molar-refractivity contribution in [2.24, 2.45) is 4.99 Å². The molecule has 0 radical (unpaired) electrons. The molecule has 1 aliphatic heterocycles. The lowest BCUT2D eigenvalue weighted by Crippen LogP contribution is -2.28. The number of aryl methyl sites for hydroxylation is 3. The predicted molar refractivity (Wildman–Crippen MR) is 107 cm³/mol. The van der Waals surface area contributed by atoms with E-state index in [9.17, 15) is 4.79 Å². The molecule has 1 aliphatic rings. The lowest BCUT2D eigenvalue weighted by molar-refractivity contribution is -0.122. The van der Waals surface area contributed by atoms with E-state index in [1.807, 2.05) is 26.2 Å². The molecule has 1 aromatic carbocycles. The average molecular weight is 372 g/mol. The Bertz CT molecular complexity index is 896. The third-order valence-corrected chi connectivity index (χ3v) is 6.29. The number of aromatic nitrogens is 1. The highest BCUT2D eigenvalue weighted by Crippen LogP contribution is 2.38. The van der Waals surface area contributed by atoms with Crippen LogP contribution in [-0.2, 0) is 4.79 Å². The van der Waals surface area contributed by atoms with Crippen molar-refractivity contribution in [2.45, 2.75) is 34.6 Å². The van der Waals surface area contributed by atoms with Crippen molar-refractivity contribution < 1.29 is 4.79 Å². The van der Waals surface area contributed by atoms with Gasteiger partial charge in [-0.25, -0.2) is 4.98 Å². The largest absolute Gasteiger partial charge is 0.287 e. The van der Waals surface area contributed by atoms with Crippen LogP contribution < -0.4 is 0 Å². The smallest absolute Gasteiger partial charge is 0.267 e. The molecule has 0 aliphatic carbocycles. The van der Waals surface area contributed by atoms with E-state index in [0.29, 0.717) is 16.8 Å². The highest BCUT2D eigenvalue weighted by molar-refractivity contribution is 8.18. The maximum absolute atomic E-state index is 12.9. The summed E-state index contributed by atoms with van der Waals surface area (Å²) in [5.41, 5.74) is 5.51. The monoisotopic (exact) mass is 371 g/mol. The van der Waals surface area contributed by atoms with Crippen molar-refractivity contribution in [3.8, 4) is 0 Å². The zero-order valence-electron chi connectivity index (χ0n) is 15.1. The molecule has 6 heteroatoms. The third kappa shape index (κ3) is 3.55. The summed E-state index contributed by atoms with van der Waals surface area (Å²) in [6.45, 7) is 10.7. The molecular formula is C19H21N3OS2. The molecule has 0 unspecified atom stereocenters. The minimum absolute atomic E-state index is 0.0234. The maximum atomic E-state index is 12.9. The molecule has 3 rings (SSSR count). The van der Waals surface area contributed by atoms with Crippen LogP contribution in [0.1, 0.15) is 36.2 Å². The summed E-state index contributed by atoms with van der Waals surface area (Å²) < 4.78 is 0. The first kappa shape index (κ1) is 17.9. The lowest BCUT2D eigenvalue weighted by Gasteiger charge is -2.11. The number of thioether (sulfide) groups is 1. The van der Waals surface area contributed by atoms with Crippen LogP contribution in [0.3, 0.4) is 0 Å². The molecular weight excluding hydrogens is 350 g/mol. The Morgan fingerprint density at radius 3 is 2.60 bits per heavy atom. The topological polar surface area (TPSA) is 45.6 Å². The number of benzene rings is 1. The van der Waals surface area contributed by atoms with Gasteiger partial charge in [0.05, 0.1) is 10.6 Å². The number of aliphatic imine (C=N–C) groups is 1.